The van der Waals surface area contributed by atoms with Crippen LogP contribution in [-0.2, 0) is 6.42 Å². The smallest absolute Gasteiger partial charge is 0.190 e. The Labute approximate surface area is 222 Å². The highest BCUT2D eigenvalue weighted by molar-refractivity contribution is 5.88. The number of likely N-dealkylation sites (tertiary alicyclic amines) is 1. The quantitative estimate of drug-likeness (QED) is 0.367. The molecule has 9 heteroatoms. The zero-order valence-corrected chi connectivity index (χ0v) is 22.3. The number of anilines is 1. The molecule has 0 aliphatic carbocycles. The Hall–Kier alpha value is -3.04. The molecule has 0 spiro atoms. The van der Waals surface area contributed by atoms with Crippen LogP contribution < -0.4 is 14.4 Å². The summed E-state index contributed by atoms with van der Waals surface area (Å²) in [7, 11) is 5.69. The van der Waals surface area contributed by atoms with Gasteiger partial charge in [0.2, 0.25) is 0 Å². The number of aliphatic hydroxyl groups excluding tert-OH is 1. The number of hydrogen-bond donors (Lipinski definition) is 1. The van der Waals surface area contributed by atoms with Crippen LogP contribution in [0.3, 0.4) is 0 Å². The topological polar surface area (TPSA) is 58.1 Å². The second-order valence-corrected chi connectivity index (χ2v) is 10.3. The average molecular weight is 532 g/mol. The maximum Gasteiger partial charge on any atom is 0.190 e. The van der Waals surface area contributed by atoms with Crippen LogP contribution in [0.2, 0.25) is 0 Å². The molecule has 0 radical (unpaired) electrons. The summed E-state index contributed by atoms with van der Waals surface area (Å²) in [5.41, 5.74) is 3.07. The van der Waals surface area contributed by atoms with Crippen molar-refractivity contribution in [2.24, 2.45) is 5.41 Å². The molecule has 0 bridgehead atoms. The Morgan fingerprint density at radius 2 is 1.79 bits per heavy atom. The minimum absolute atomic E-state index is 0.0947. The van der Waals surface area contributed by atoms with Crippen LogP contribution >= 0.6 is 0 Å². The van der Waals surface area contributed by atoms with E-state index in [0.717, 1.165) is 67.5 Å². The first kappa shape index (κ1) is 28.0. The van der Waals surface area contributed by atoms with Crippen LogP contribution in [0.4, 0.5) is 18.9 Å². The summed E-state index contributed by atoms with van der Waals surface area (Å²) in [4.78, 5) is 8.86. The Balaban J connectivity index is 1.34. The molecule has 2 aromatic carbocycles. The number of ether oxygens (including phenoxy) is 2. The summed E-state index contributed by atoms with van der Waals surface area (Å²) in [6, 6.07) is 7.16. The fourth-order valence-corrected chi connectivity index (χ4v) is 5.31. The summed E-state index contributed by atoms with van der Waals surface area (Å²) in [5.74, 6) is -2.81. The monoisotopic (exact) mass is 531 g/mol. The largest absolute Gasteiger partial charge is 0.497 e. The fourth-order valence-electron chi connectivity index (χ4n) is 5.31. The molecule has 1 saturated heterocycles. The predicted octanol–water partition coefficient (Wildman–Crippen LogP) is 5.20. The second-order valence-electron chi connectivity index (χ2n) is 10.3. The molecule has 1 aliphatic heterocycles. The van der Waals surface area contributed by atoms with Gasteiger partial charge in [0.25, 0.3) is 0 Å². The number of fused-ring (bicyclic) bond motifs is 1. The van der Waals surface area contributed by atoms with Gasteiger partial charge in [-0.3, -0.25) is 9.88 Å². The van der Waals surface area contributed by atoms with Crippen molar-refractivity contribution in [1.29, 1.82) is 0 Å². The highest BCUT2D eigenvalue weighted by Gasteiger charge is 2.33. The molecule has 206 valence electrons. The summed E-state index contributed by atoms with van der Waals surface area (Å²) in [5, 5.41) is 11.4. The van der Waals surface area contributed by atoms with Gasteiger partial charge in [0, 0.05) is 44.8 Å². The van der Waals surface area contributed by atoms with Crippen LogP contribution in [0.5, 0.6) is 11.5 Å². The first-order valence-electron chi connectivity index (χ1n) is 13.0. The summed E-state index contributed by atoms with van der Waals surface area (Å²) >= 11 is 0. The molecule has 38 heavy (non-hydrogen) atoms. The summed E-state index contributed by atoms with van der Waals surface area (Å²) in [6.45, 7) is 2.23. The van der Waals surface area contributed by atoms with E-state index in [4.69, 9.17) is 9.47 Å². The van der Waals surface area contributed by atoms with Crippen LogP contribution in [0.15, 0.2) is 36.5 Å². The van der Waals surface area contributed by atoms with Gasteiger partial charge >= 0.3 is 0 Å². The fraction of sp³-hybridized carbons (Fsp3) is 0.483. The number of benzene rings is 2. The highest BCUT2D eigenvalue weighted by atomic mass is 19.1. The lowest BCUT2D eigenvalue weighted by molar-refractivity contribution is 0.0313. The van der Waals surface area contributed by atoms with Crippen LogP contribution in [0.1, 0.15) is 31.2 Å². The summed E-state index contributed by atoms with van der Waals surface area (Å²) < 4.78 is 51.4. The van der Waals surface area contributed by atoms with Crippen molar-refractivity contribution in [3.05, 3.63) is 59.5 Å². The summed E-state index contributed by atoms with van der Waals surface area (Å²) in [6.07, 6.45) is 6.23. The van der Waals surface area contributed by atoms with Gasteiger partial charge in [-0.05, 0) is 74.4 Å². The number of rotatable bonds is 11. The first-order valence-corrected chi connectivity index (χ1v) is 13.0. The second kappa shape index (κ2) is 12.2. The van der Waals surface area contributed by atoms with Crippen LogP contribution in [0, 0.1) is 22.9 Å². The third kappa shape index (κ3) is 6.32. The molecule has 1 N–H and O–H groups in total. The van der Waals surface area contributed by atoms with E-state index in [-0.39, 0.29) is 18.6 Å². The van der Waals surface area contributed by atoms with E-state index < -0.39 is 23.2 Å². The number of halogens is 3. The molecule has 0 atom stereocenters. The van der Waals surface area contributed by atoms with Gasteiger partial charge in [-0.2, -0.15) is 0 Å². The van der Waals surface area contributed by atoms with Gasteiger partial charge in [-0.15, -0.1) is 0 Å². The molecular weight excluding hydrogens is 495 g/mol. The third-order valence-electron chi connectivity index (χ3n) is 7.65. The average Bonchev–Trinajstić information content (AvgIpc) is 2.90. The highest BCUT2D eigenvalue weighted by Crippen LogP contribution is 2.38. The standard InChI is InChI=1S/C29H36F3N3O3/c1-34(2)27-18-33-26-7-6-21(37-3)17-23(26)22(27)5-4-8-29(19-36)9-11-35(12-10-29)13-14-38-28-24(31)15-20(30)16-25(28)32/h6-7,15-18,36H,4-5,8-14,19H2,1-3H3. The van der Waals surface area contributed by atoms with Gasteiger partial charge in [-0.1, -0.05) is 0 Å². The molecule has 0 saturated carbocycles. The van der Waals surface area contributed by atoms with E-state index >= 15 is 0 Å². The van der Waals surface area contributed by atoms with Gasteiger partial charge < -0.3 is 19.5 Å². The molecule has 6 nitrogen and oxygen atoms in total. The molecule has 0 unspecified atom stereocenters. The Morgan fingerprint density at radius 3 is 2.42 bits per heavy atom. The molecule has 1 aliphatic rings. The third-order valence-corrected chi connectivity index (χ3v) is 7.65. The number of aliphatic hydroxyl groups is 1. The normalized spacial score (nSPS) is 15.6. The molecule has 3 aromatic rings. The van der Waals surface area contributed by atoms with Crippen molar-refractivity contribution >= 4 is 16.6 Å². The van der Waals surface area contributed by atoms with Gasteiger partial charge in [0.15, 0.2) is 17.4 Å². The first-order chi connectivity index (χ1) is 18.2. The van der Waals surface area contributed by atoms with Crippen molar-refractivity contribution in [3.8, 4) is 11.5 Å². The minimum Gasteiger partial charge on any atom is -0.497 e. The Bertz CT molecular complexity index is 1220. The Morgan fingerprint density at radius 1 is 1.08 bits per heavy atom. The molecular formula is C29H36F3N3O3. The van der Waals surface area contributed by atoms with Crippen molar-refractivity contribution in [2.75, 3.05) is 59.0 Å². The van der Waals surface area contributed by atoms with Gasteiger partial charge in [-0.25, -0.2) is 13.2 Å². The van der Waals surface area contributed by atoms with E-state index in [9.17, 15) is 18.3 Å². The number of aromatic nitrogens is 1. The van der Waals surface area contributed by atoms with Crippen LogP contribution in [0.25, 0.3) is 10.9 Å². The van der Waals surface area contributed by atoms with Crippen molar-refractivity contribution in [3.63, 3.8) is 0 Å². The SMILES string of the molecule is COc1ccc2ncc(N(C)C)c(CCCC3(CO)CCN(CCOc4c(F)cc(F)cc4F)CC3)c2c1. The van der Waals surface area contributed by atoms with E-state index in [1.54, 1.807) is 7.11 Å². The number of aryl methyl sites for hydroxylation is 1. The number of nitrogens with zero attached hydrogens (tertiary/aromatic N) is 3. The zero-order valence-electron chi connectivity index (χ0n) is 22.3. The molecule has 4 rings (SSSR count). The molecule has 2 heterocycles. The lowest BCUT2D eigenvalue weighted by atomic mass is 9.75. The van der Waals surface area contributed by atoms with E-state index in [1.807, 2.05) is 38.5 Å². The maximum atomic E-state index is 13.8. The van der Waals surface area contributed by atoms with E-state index in [0.29, 0.717) is 18.7 Å². The lowest BCUT2D eigenvalue weighted by Crippen LogP contribution is -2.43. The molecule has 0 amide bonds. The van der Waals surface area contributed by atoms with E-state index in [2.05, 4.69) is 14.8 Å². The number of methoxy groups -OCH3 is 1. The van der Waals surface area contributed by atoms with E-state index in [1.165, 1.54) is 5.56 Å². The maximum absolute atomic E-state index is 13.8. The van der Waals surface area contributed by atoms with Gasteiger partial charge in [0.1, 0.15) is 18.2 Å². The number of pyridine rings is 1. The van der Waals surface area contributed by atoms with Crippen molar-refractivity contribution in [2.45, 2.75) is 32.1 Å². The minimum atomic E-state index is -1.04. The van der Waals surface area contributed by atoms with Crippen LogP contribution in [-0.4, -0.2) is 69.0 Å². The number of piperidine rings is 1. The lowest BCUT2D eigenvalue weighted by Gasteiger charge is -2.41. The van der Waals surface area contributed by atoms with Gasteiger partial charge in [0.05, 0.1) is 24.5 Å². The molecule has 1 fully saturated rings. The van der Waals surface area contributed by atoms with Crippen molar-refractivity contribution < 1.29 is 27.8 Å². The zero-order chi connectivity index (χ0) is 27.3. The predicted molar refractivity (Wildman–Crippen MR) is 143 cm³/mol. The van der Waals surface area contributed by atoms with Crippen molar-refractivity contribution in [1.82, 2.24) is 9.88 Å². The molecule has 1 aromatic heterocycles. The Kier molecular flexibility index (Phi) is 8.99. The number of hydrogen-bond acceptors (Lipinski definition) is 6.